The molecule has 1 heterocycles. The van der Waals surface area contributed by atoms with Crippen molar-refractivity contribution in [3.8, 4) is 0 Å². The Kier molecular flexibility index (Phi) is 3.09. The molecular formula is C14H17NO. The van der Waals surface area contributed by atoms with Crippen LogP contribution < -0.4 is 4.90 Å². The zero-order valence-corrected chi connectivity index (χ0v) is 9.70. The lowest BCUT2D eigenvalue weighted by molar-refractivity contribution is 0.0980. The van der Waals surface area contributed by atoms with Crippen LogP contribution in [0.25, 0.3) is 0 Å². The lowest BCUT2D eigenvalue weighted by atomic mass is 10.00. The van der Waals surface area contributed by atoms with Crippen LogP contribution in [0.4, 0.5) is 5.69 Å². The molecule has 2 nitrogen and oxygen atoms in total. The second-order valence-electron chi connectivity index (χ2n) is 4.22. The number of nitrogens with zero attached hydrogens (tertiary/aromatic N) is 1. The van der Waals surface area contributed by atoms with E-state index in [9.17, 15) is 4.79 Å². The number of carbonyl (C=O) groups excluding carboxylic acids is 1. The largest absolute Gasteiger partial charge is 0.367 e. The highest BCUT2D eigenvalue weighted by Crippen LogP contribution is 2.27. The van der Waals surface area contributed by atoms with Crippen molar-refractivity contribution in [3.05, 3.63) is 42.0 Å². The second kappa shape index (κ2) is 4.52. The third-order valence-electron chi connectivity index (χ3n) is 3.07. The first kappa shape index (κ1) is 10.9. The average molecular weight is 215 g/mol. The summed E-state index contributed by atoms with van der Waals surface area (Å²) in [5.41, 5.74) is 3.13. The first-order valence-corrected chi connectivity index (χ1v) is 5.76. The van der Waals surface area contributed by atoms with Gasteiger partial charge in [0, 0.05) is 30.8 Å². The molecule has 0 unspecified atom stereocenters. The Morgan fingerprint density at radius 1 is 1.44 bits per heavy atom. The fourth-order valence-corrected chi connectivity index (χ4v) is 2.02. The van der Waals surface area contributed by atoms with Crippen LogP contribution in [0.5, 0.6) is 0 Å². The Labute approximate surface area is 96.6 Å². The summed E-state index contributed by atoms with van der Waals surface area (Å²) >= 11 is 0. The quantitative estimate of drug-likeness (QED) is 0.722. The smallest absolute Gasteiger partial charge is 0.166 e. The van der Waals surface area contributed by atoms with Crippen molar-refractivity contribution in [1.82, 2.24) is 0 Å². The zero-order chi connectivity index (χ0) is 11.5. The molecule has 0 amide bonds. The molecule has 84 valence electrons. The van der Waals surface area contributed by atoms with E-state index in [0.717, 1.165) is 30.8 Å². The molecule has 0 saturated carbocycles. The monoisotopic (exact) mass is 215 g/mol. The first-order valence-electron chi connectivity index (χ1n) is 5.76. The molecule has 0 aliphatic carbocycles. The molecule has 2 rings (SSSR count). The lowest BCUT2D eigenvalue weighted by Gasteiger charge is -2.31. The van der Waals surface area contributed by atoms with E-state index in [-0.39, 0.29) is 5.78 Å². The summed E-state index contributed by atoms with van der Waals surface area (Å²) in [6.07, 6.45) is 1.61. The van der Waals surface area contributed by atoms with E-state index in [1.807, 2.05) is 24.3 Å². The number of carbonyl (C=O) groups is 1. The van der Waals surface area contributed by atoms with E-state index in [2.05, 4.69) is 18.4 Å². The third-order valence-corrected chi connectivity index (χ3v) is 3.07. The standard InChI is InChI=1S/C14H17NO/c1-3-11(2)10-15-9-8-14(16)12-6-4-5-7-13(12)15/h4-7H,2-3,8-10H2,1H3. The Balaban J connectivity index is 2.28. The maximum Gasteiger partial charge on any atom is 0.166 e. The molecule has 0 aromatic heterocycles. The molecule has 1 aliphatic heterocycles. The van der Waals surface area contributed by atoms with Crippen LogP contribution in [0.1, 0.15) is 30.1 Å². The van der Waals surface area contributed by atoms with E-state index in [4.69, 9.17) is 0 Å². The molecule has 16 heavy (non-hydrogen) atoms. The van der Waals surface area contributed by atoms with Crippen molar-refractivity contribution in [3.63, 3.8) is 0 Å². The lowest BCUT2D eigenvalue weighted by Crippen LogP contribution is -2.33. The van der Waals surface area contributed by atoms with E-state index in [1.54, 1.807) is 0 Å². The van der Waals surface area contributed by atoms with Crippen molar-refractivity contribution in [2.75, 3.05) is 18.0 Å². The van der Waals surface area contributed by atoms with E-state index in [0.29, 0.717) is 6.42 Å². The average Bonchev–Trinajstić information content (AvgIpc) is 2.33. The Hall–Kier alpha value is -1.57. The van der Waals surface area contributed by atoms with Crippen LogP contribution in [0.15, 0.2) is 36.4 Å². The van der Waals surface area contributed by atoms with Gasteiger partial charge in [-0.15, -0.1) is 0 Å². The molecule has 2 heteroatoms. The zero-order valence-electron chi connectivity index (χ0n) is 9.70. The van der Waals surface area contributed by atoms with Gasteiger partial charge >= 0.3 is 0 Å². The first-order chi connectivity index (χ1) is 7.72. The van der Waals surface area contributed by atoms with E-state index in [1.165, 1.54) is 5.57 Å². The highest BCUT2D eigenvalue weighted by atomic mass is 16.1. The van der Waals surface area contributed by atoms with Gasteiger partial charge in [0.15, 0.2) is 5.78 Å². The molecule has 1 aromatic rings. The van der Waals surface area contributed by atoms with Crippen LogP contribution in [0.3, 0.4) is 0 Å². The molecule has 0 bridgehead atoms. The Bertz CT molecular complexity index is 422. The number of benzene rings is 1. The van der Waals surface area contributed by atoms with Crippen molar-refractivity contribution >= 4 is 11.5 Å². The SMILES string of the molecule is C=C(CC)CN1CCC(=O)c2ccccc21. The fraction of sp³-hybridized carbons (Fsp3) is 0.357. The van der Waals surface area contributed by atoms with Crippen LogP contribution in [0, 0.1) is 0 Å². The summed E-state index contributed by atoms with van der Waals surface area (Å²) < 4.78 is 0. The minimum absolute atomic E-state index is 0.258. The number of anilines is 1. The fourth-order valence-electron chi connectivity index (χ4n) is 2.02. The van der Waals surface area contributed by atoms with Gasteiger partial charge in [0.25, 0.3) is 0 Å². The number of ketones is 1. The van der Waals surface area contributed by atoms with Gasteiger partial charge in [-0.1, -0.05) is 31.2 Å². The second-order valence-corrected chi connectivity index (χ2v) is 4.22. The predicted octanol–water partition coefficient (Wildman–Crippen LogP) is 3.05. The van der Waals surface area contributed by atoms with Crippen LogP contribution in [0.2, 0.25) is 0 Å². The predicted molar refractivity (Wildman–Crippen MR) is 67.0 cm³/mol. The minimum Gasteiger partial charge on any atom is -0.367 e. The van der Waals surface area contributed by atoms with Crippen LogP contribution in [-0.4, -0.2) is 18.9 Å². The molecule has 0 fully saturated rings. The van der Waals surface area contributed by atoms with Crippen molar-refractivity contribution < 1.29 is 4.79 Å². The molecular weight excluding hydrogens is 198 g/mol. The van der Waals surface area contributed by atoms with Crippen molar-refractivity contribution in [2.45, 2.75) is 19.8 Å². The number of hydrogen-bond donors (Lipinski definition) is 0. The normalized spacial score (nSPS) is 14.8. The van der Waals surface area contributed by atoms with Gasteiger partial charge in [-0.2, -0.15) is 0 Å². The summed E-state index contributed by atoms with van der Waals surface area (Å²) in [6, 6.07) is 7.85. The molecule has 0 atom stereocenters. The van der Waals surface area contributed by atoms with Gasteiger partial charge < -0.3 is 4.90 Å². The topological polar surface area (TPSA) is 20.3 Å². The number of fused-ring (bicyclic) bond motifs is 1. The van der Waals surface area contributed by atoms with Crippen LogP contribution in [-0.2, 0) is 0 Å². The van der Waals surface area contributed by atoms with Gasteiger partial charge in [-0.05, 0) is 18.6 Å². The van der Waals surface area contributed by atoms with Crippen molar-refractivity contribution in [1.29, 1.82) is 0 Å². The van der Waals surface area contributed by atoms with Gasteiger partial charge in [0.2, 0.25) is 0 Å². The summed E-state index contributed by atoms with van der Waals surface area (Å²) in [5, 5.41) is 0. The molecule has 1 aromatic carbocycles. The number of para-hydroxylation sites is 1. The maximum absolute atomic E-state index is 11.7. The molecule has 0 radical (unpaired) electrons. The summed E-state index contributed by atoms with van der Waals surface area (Å²) in [6.45, 7) is 7.82. The highest BCUT2D eigenvalue weighted by Gasteiger charge is 2.22. The number of rotatable bonds is 3. The summed E-state index contributed by atoms with van der Waals surface area (Å²) in [4.78, 5) is 14.0. The molecule has 0 spiro atoms. The molecule has 0 N–H and O–H groups in total. The molecule has 1 aliphatic rings. The van der Waals surface area contributed by atoms with Crippen LogP contribution >= 0.6 is 0 Å². The summed E-state index contributed by atoms with van der Waals surface area (Å²) in [7, 11) is 0. The van der Waals surface area contributed by atoms with E-state index >= 15 is 0 Å². The summed E-state index contributed by atoms with van der Waals surface area (Å²) in [5.74, 6) is 0.258. The van der Waals surface area contributed by atoms with Gasteiger partial charge in [0.05, 0.1) is 0 Å². The maximum atomic E-state index is 11.7. The Morgan fingerprint density at radius 2 is 2.19 bits per heavy atom. The van der Waals surface area contributed by atoms with E-state index < -0.39 is 0 Å². The third kappa shape index (κ3) is 2.01. The van der Waals surface area contributed by atoms with Gasteiger partial charge in [-0.25, -0.2) is 0 Å². The highest BCUT2D eigenvalue weighted by molar-refractivity contribution is 6.03. The molecule has 0 saturated heterocycles. The van der Waals surface area contributed by atoms with Gasteiger partial charge in [-0.3, -0.25) is 4.79 Å². The Morgan fingerprint density at radius 3 is 2.94 bits per heavy atom. The van der Waals surface area contributed by atoms with Crippen molar-refractivity contribution in [2.24, 2.45) is 0 Å². The number of Topliss-reactive ketones (excluding diaryl/α,β-unsaturated/α-hetero) is 1. The minimum atomic E-state index is 0.258. The van der Waals surface area contributed by atoms with Gasteiger partial charge in [0.1, 0.15) is 0 Å². The number of hydrogen-bond acceptors (Lipinski definition) is 2.